The molecule has 2 heterocycles. The van der Waals surface area contributed by atoms with Crippen LogP contribution in [-0.2, 0) is 0 Å². The number of hydrogen-bond acceptors (Lipinski definition) is 10. The quantitative estimate of drug-likeness (QED) is 0.149. The third kappa shape index (κ3) is 8.22. The van der Waals surface area contributed by atoms with E-state index in [9.17, 15) is 9.59 Å². The topological polar surface area (TPSA) is 91.3 Å². The van der Waals surface area contributed by atoms with Gasteiger partial charge in [-0.3, -0.25) is 19.6 Å². The van der Waals surface area contributed by atoms with E-state index in [1.54, 1.807) is 26.6 Å². The number of carbonyl (C=O) groups excluding carboxylic acids is 2. The molecule has 2 aromatic carbocycles. The molecule has 246 valence electrons. The fourth-order valence-corrected chi connectivity index (χ4v) is 7.52. The van der Waals surface area contributed by atoms with Crippen molar-refractivity contribution in [3.8, 4) is 11.5 Å². The Morgan fingerprint density at radius 3 is 1.37 bits per heavy atom. The number of likely N-dealkylation sites (N-methyl/N-ethyl adjacent to an activating group) is 4. The number of nitrogens with zero attached hydrogens (tertiary/aromatic N) is 6. The zero-order valence-corrected chi connectivity index (χ0v) is 29.6. The highest BCUT2D eigenvalue weighted by molar-refractivity contribution is 8.76. The predicted molar refractivity (Wildman–Crippen MR) is 189 cm³/mol. The molecule has 0 unspecified atom stereocenters. The van der Waals surface area contributed by atoms with Crippen LogP contribution in [0.25, 0.3) is 21.8 Å². The van der Waals surface area contributed by atoms with Gasteiger partial charge in [0.2, 0.25) is 0 Å². The Kier molecular flexibility index (Phi) is 12.5. The minimum Gasteiger partial charge on any atom is -0.495 e. The smallest absolute Gasteiger partial charge is 0.255 e. The number of carbonyl (C=O) groups is 2. The average molecular weight is 665 g/mol. The molecule has 0 aliphatic carbocycles. The van der Waals surface area contributed by atoms with Crippen molar-refractivity contribution in [2.45, 2.75) is 23.6 Å². The van der Waals surface area contributed by atoms with E-state index in [-0.39, 0.29) is 11.8 Å². The molecule has 12 heteroatoms. The van der Waals surface area contributed by atoms with E-state index in [4.69, 9.17) is 19.4 Å². The van der Waals surface area contributed by atoms with E-state index in [1.165, 1.54) is 21.6 Å². The maximum absolute atomic E-state index is 13.3. The normalized spacial score (nSPS) is 11.4. The summed E-state index contributed by atoms with van der Waals surface area (Å²) in [5.41, 5.74) is 2.58. The molecular formula is C34H44N6O4S2. The summed E-state index contributed by atoms with van der Waals surface area (Å²) in [5.74, 6) is 1.27. The maximum atomic E-state index is 13.3. The second kappa shape index (κ2) is 16.3. The van der Waals surface area contributed by atoms with Gasteiger partial charge in [-0.1, -0.05) is 0 Å². The Morgan fingerprint density at radius 1 is 0.652 bits per heavy atom. The molecule has 46 heavy (non-hydrogen) atoms. The summed E-state index contributed by atoms with van der Waals surface area (Å²) in [6.45, 7) is 8.07. The van der Waals surface area contributed by atoms with Gasteiger partial charge >= 0.3 is 0 Å². The fraction of sp³-hybridized carbons (Fsp3) is 0.412. The van der Waals surface area contributed by atoms with E-state index in [2.05, 4.69) is 9.80 Å². The molecule has 0 aliphatic rings. The molecule has 0 spiro atoms. The summed E-state index contributed by atoms with van der Waals surface area (Å²) in [5, 5.41) is 1.69. The van der Waals surface area contributed by atoms with Crippen molar-refractivity contribution in [1.29, 1.82) is 0 Å². The van der Waals surface area contributed by atoms with Crippen LogP contribution in [0.5, 0.6) is 11.5 Å². The molecule has 0 aliphatic heterocycles. The van der Waals surface area contributed by atoms with Crippen molar-refractivity contribution in [2.24, 2.45) is 0 Å². The second-order valence-electron chi connectivity index (χ2n) is 11.3. The first-order chi connectivity index (χ1) is 22.1. The monoisotopic (exact) mass is 664 g/mol. The van der Waals surface area contributed by atoms with Gasteiger partial charge in [-0.2, -0.15) is 0 Å². The lowest BCUT2D eigenvalue weighted by Gasteiger charge is -2.23. The number of aromatic nitrogens is 2. The average Bonchev–Trinajstić information content (AvgIpc) is 3.06. The van der Waals surface area contributed by atoms with Crippen molar-refractivity contribution in [3.63, 3.8) is 0 Å². The van der Waals surface area contributed by atoms with Crippen molar-refractivity contribution in [1.82, 2.24) is 29.6 Å². The number of amides is 2. The molecule has 2 aromatic heterocycles. The third-order valence-electron chi connectivity index (χ3n) is 7.65. The third-order valence-corrected chi connectivity index (χ3v) is 10.1. The molecule has 4 rings (SSSR count). The molecule has 10 nitrogen and oxygen atoms in total. The van der Waals surface area contributed by atoms with Gasteiger partial charge in [0, 0.05) is 62.4 Å². The van der Waals surface area contributed by atoms with Gasteiger partial charge in [0.1, 0.15) is 11.5 Å². The van der Waals surface area contributed by atoms with Crippen molar-refractivity contribution >= 4 is 55.2 Å². The minimum atomic E-state index is -0.0395. The summed E-state index contributed by atoms with van der Waals surface area (Å²) in [7, 11) is 14.2. The Morgan fingerprint density at radius 2 is 1.04 bits per heavy atom. The lowest BCUT2D eigenvalue weighted by atomic mass is 10.1. The van der Waals surface area contributed by atoms with E-state index in [1.807, 2.05) is 88.2 Å². The van der Waals surface area contributed by atoms with Crippen LogP contribution in [0.15, 0.2) is 58.6 Å². The Labute approximate surface area is 279 Å². The molecular weight excluding hydrogens is 621 g/mol. The fourth-order valence-electron chi connectivity index (χ4n) is 4.93. The standard InChI is InChI=1S/C34H44N6O4S2/c1-9-39(17-15-37(3)4)33(41)25-19-23-11-13-27(43-7)31(29(23)35-21-25)45-46-32-28(44-8)14-12-24-20-26(22-36-30(24)32)34(42)40(10-2)18-16-38(5)6/h11-14,19-22H,9-10,15-18H2,1-8H3. The van der Waals surface area contributed by atoms with Crippen molar-refractivity contribution in [2.75, 3.05) is 81.7 Å². The van der Waals surface area contributed by atoms with Crippen LogP contribution in [0.2, 0.25) is 0 Å². The lowest BCUT2D eigenvalue weighted by Crippen LogP contribution is -2.36. The number of ether oxygens (including phenoxy) is 2. The molecule has 0 fully saturated rings. The highest BCUT2D eigenvalue weighted by Crippen LogP contribution is 2.49. The molecule has 0 N–H and O–H groups in total. The highest BCUT2D eigenvalue weighted by atomic mass is 33.1. The molecule has 0 radical (unpaired) electrons. The van der Waals surface area contributed by atoms with Crippen LogP contribution in [0, 0.1) is 0 Å². The first-order valence-electron chi connectivity index (χ1n) is 15.3. The van der Waals surface area contributed by atoms with Gasteiger partial charge in [0.25, 0.3) is 11.8 Å². The van der Waals surface area contributed by atoms with Gasteiger partial charge < -0.3 is 29.1 Å². The van der Waals surface area contributed by atoms with E-state index >= 15 is 0 Å². The molecule has 0 atom stereocenters. The summed E-state index contributed by atoms with van der Waals surface area (Å²) in [4.78, 5) is 45.6. The van der Waals surface area contributed by atoms with Crippen LogP contribution in [0.4, 0.5) is 0 Å². The van der Waals surface area contributed by atoms with E-state index < -0.39 is 0 Å². The predicted octanol–water partition coefficient (Wildman–Crippen LogP) is 5.65. The van der Waals surface area contributed by atoms with Crippen LogP contribution in [0.1, 0.15) is 34.6 Å². The Bertz CT molecular complexity index is 1560. The second-order valence-corrected chi connectivity index (χ2v) is 13.5. The summed E-state index contributed by atoms with van der Waals surface area (Å²) < 4.78 is 11.5. The summed E-state index contributed by atoms with van der Waals surface area (Å²) in [6.07, 6.45) is 3.29. The molecule has 0 bridgehead atoms. The number of benzene rings is 2. The van der Waals surface area contributed by atoms with Crippen molar-refractivity contribution < 1.29 is 19.1 Å². The summed E-state index contributed by atoms with van der Waals surface area (Å²) >= 11 is 0. The van der Waals surface area contributed by atoms with Gasteiger partial charge in [0.15, 0.2) is 0 Å². The van der Waals surface area contributed by atoms with Crippen LogP contribution in [0.3, 0.4) is 0 Å². The van der Waals surface area contributed by atoms with E-state index in [0.717, 1.165) is 44.7 Å². The van der Waals surface area contributed by atoms with Gasteiger partial charge in [-0.15, -0.1) is 0 Å². The zero-order chi connectivity index (χ0) is 33.4. The van der Waals surface area contributed by atoms with Crippen LogP contribution in [-0.4, -0.2) is 123 Å². The first kappa shape index (κ1) is 35.3. The number of fused-ring (bicyclic) bond motifs is 2. The van der Waals surface area contributed by atoms with Crippen molar-refractivity contribution in [3.05, 3.63) is 59.9 Å². The molecule has 0 saturated heterocycles. The maximum Gasteiger partial charge on any atom is 0.255 e. The Hall–Kier alpha value is -3.58. The summed E-state index contributed by atoms with van der Waals surface area (Å²) in [6, 6.07) is 11.5. The van der Waals surface area contributed by atoms with Gasteiger partial charge in [-0.05, 0) is 100 Å². The van der Waals surface area contributed by atoms with Gasteiger partial charge in [0.05, 0.1) is 46.2 Å². The Balaban J connectivity index is 1.64. The highest BCUT2D eigenvalue weighted by Gasteiger charge is 2.21. The van der Waals surface area contributed by atoms with Gasteiger partial charge in [-0.25, -0.2) is 0 Å². The van der Waals surface area contributed by atoms with Crippen LogP contribution >= 0.6 is 21.6 Å². The minimum absolute atomic E-state index is 0.0395. The SMILES string of the molecule is CCN(CCN(C)C)C(=O)c1cnc2c(SSc3c(OC)ccc4cc(C(=O)N(CC)CCN(C)C)cnc34)c(OC)ccc2c1. The van der Waals surface area contributed by atoms with E-state index in [0.29, 0.717) is 48.8 Å². The zero-order valence-electron chi connectivity index (χ0n) is 28.0. The molecule has 2 amide bonds. The first-order valence-corrected chi connectivity index (χ1v) is 17.4. The van der Waals surface area contributed by atoms with Crippen LogP contribution < -0.4 is 9.47 Å². The lowest BCUT2D eigenvalue weighted by molar-refractivity contribution is 0.0746. The number of hydrogen-bond donors (Lipinski definition) is 0. The molecule has 0 saturated carbocycles. The molecule has 4 aromatic rings. The number of pyridine rings is 2. The number of methoxy groups -OCH3 is 2. The largest absolute Gasteiger partial charge is 0.495 e. The number of rotatable bonds is 15.